The highest BCUT2D eigenvalue weighted by atomic mass is 16.2. The van der Waals surface area contributed by atoms with Crippen molar-refractivity contribution in [2.75, 3.05) is 9.80 Å². The molecule has 0 saturated carbocycles. The maximum Gasteiger partial charge on any atom is 0.258 e. The standard InChI is InChI=1S/C14H6N2O4.CH4/c17-9-3-4-10(18)15(9)13-7-1-2-8(7)14(13)16-11(19)5-6-12(16)20;/h1-6H;1H4. The first-order chi connectivity index (χ1) is 9.59. The first-order valence-corrected chi connectivity index (χ1v) is 5.89. The highest BCUT2D eigenvalue weighted by molar-refractivity contribution is 6.38. The fourth-order valence-electron chi connectivity index (χ4n) is 2.55. The molecule has 0 N–H and O–H groups in total. The number of imide groups is 2. The summed E-state index contributed by atoms with van der Waals surface area (Å²) >= 11 is 0. The highest BCUT2D eigenvalue weighted by Crippen LogP contribution is 2.56. The fourth-order valence-corrected chi connectivity index (χ4v) is 2.55. The second-order valence-electron chi connectivity index (χ2n) is 4.55. The van der Waals surface area contributed by atoms with Gasteiger partial charge in [0.25, 0.3) is 23.6 Å². The quantitative estimate of drug-likeness (QED) is 0.775. The molecule has 0 unspecified atom stereocenters. The van der Waals surface area contributed by atoms with Gasteiger partial charge >= 0.3 is 0 Å². The summed E-state index contributed by atoms with van der Waals surface area (Å²) in [4.78, 5) is 49.0. The van der Waals surface area contributed by atoms with Gasteiger partial charge in [-0.2, -0.15) is 0 Å². The van der Waals surface area contributed by atoms with Crippen LogP contribution in [0.25, 0.3) is 11.1 Å². The predicted molar refractivity (Wildman–Crippen MR) is 75.4 cm³/mol. The molecule has 0 spiro atoms. The SMILES string of the molecule is C.O=C1C=CC(=O)N1c1c2ccc-2c1N1C(=O)C=CC1=O. The van der Waals surface area contributed by atoms with Crippen molar-refractivity contribution in [1.29, 1.82) is 0 Å². The van der Waals surface area contributed by atoms with Gasteiger partial charge in [-0.05, 0) is 0 Å². The molecule has 6 nitrogen and oxygen atoms in total. The number of nitrogens with zero attached hydrogens (tertiary/aromatic N) is 2. The van der Waals surface area contributed by atoms with E-state index in [-0.39, 0.29) is 7.43 Å². The van der Waals surface area contributed by atoms with Crippen LogP contribution in [-0.4, -0.2) is 23.6 Å². The lowest BCUT2D eigenvalue weighted by molar-refractivity contribution is -0.122. The van der Waals surface area contributed by atoms with E-state index in [0.29, 0.717) is 11.4 Å². The Labute approximate surface area is 119 Å². The largest absolute Gasteiger partial charge is 0.269 e. The lowest BCUT2D eigenvalue weighted by Crippen LogP contribution is -2.38. The smallest absolute Gasteiger partial charge is 0.258 e. The molecule has 0 saturated heterocycles. The summed E-state index contributed by atoms with van der Waals surface area (Å²) in [5.74, 6) is -1.88. The molecule has 0 aromatic rings. The summed E-state index contributed by atoms with van der Waals surface area (Å²) in [7, 11) is 0. The van der Waals surface area contributed by atoms with E-state index in [4.69, 9.17) is 0 Å². The minimum atomic E-state index is -0.471. The molecule has 2 aliphatic carbocycles. The van der Waals surface area contributed by atoms with Crippen LogP contribution in [0, 0.1) is 0 Å². The molecule has 4 rings (SSSR count). The van der Waals surface area contributed by atoms with Crippen molar-refractivity contribution in [1.82, 2.24) is 0 Å². The summed E-state index contributed by atoms with van der Waals surface area (Å²) < 4.78 is 0. The van der Waals surface area contributed by atoms with Crippen LogP contribution in [0.15, 0.2) is 36.4 Å². The molecule has 6 heteroatoms. The average Bonchev–Trinajstić information content (AvgIpc) is 2.87. The van der Waals surface area contributed by atoms with E-state index in [0.717, 1.165) is 20.9 Å². The fraction of sp³-hybridized carbons (Fsp3) is 0.0667. The molecule has 4 aliphatic rings. The van der Waals surface area contributed by atoms with Gasteiger partial charge in [-0.25, -0.2) is 9.80 Å². The van der Waals surface area contributed by atoms with E-state index in [1.807, 2.05) is 0 Å². The van der Waals surface area contributed by atoms with Crippen molar-refractivity contribution in [2.45, 2.75) is 7.43 Å². The number of anilines is 2. The number of carbonyl (C=O) groups excluding carboxylic acids is 4. The van der Waals surface area contributed by atoms with E-state index in [9.17, 15) is 19.2 Å². The highest BCUT2D eigenvalue weighted by Gasteiger charge is 2.42. The molecule has 0 atom stereocenters. The topological polar surface area (TPSA) is 74.8 Å². The van der Waals surface area contributed by atoms with Crippen molar-refractivity contribution in [3.05, 3.63) is 36.4 Å². The maximum absolute atomic E-state index is 11.8. The van der Waals surface area contributed by atoms with Gasteiger partial charge in [0.05, 0.1) is 11.4 Å². The Bertz CT molecular complexity index is 701. The third kappa shape index (κ3) is 1.41. The van der Waals surface area contributed by atoms with Crippen molar-refractivity contribution in [2.24, 2.45) is 0 Å². The molecule has 0 fully saturated rings. The summed E-state index contributed by atoms with van der Waals surface area (Å²) in [6.45, 7) is 0. The minimum Gasteiger partial charge on any atom is -0.269 e. The lowest BCUT2D eigenvalue weighted by Gasteiger charge is -2.35. The third-order valence-corrected chi connectivity index (χ3v) is 3.51. The van der Waals surface area contributed by atoms with Crippen LogP contribution in [0.4, 0.5) is 11.4 Å². The van der Waals surface area contributed by atoms with Crippen LogP contribution in [-0.2, 0) is 19.2 Å². The van der Waals surface area contributed by atoms with Crippen molar-refractivity contribution in [3.8, 4) is 11.1 Å². The van der Waals surface area contributed by atoms with E-state index in [1.165, 1.54) is 24.3 Å². The molecule has 104 valence electrons. The number of hydrogen-bond donors (Lipinski definition) is 0. The number of hydrogen-bond acceptors (Lipinski definition) is 4. The molecule has 2 aliphatic heterocycles. The number of fused-ring (bicyclic) bond motifs is 1. The molecule has 2 heterocycles. The Morgan fingerprint density at radius 1 is 0.571 bits per heavy atom. The van der Waals surface area contributed by atoms with Crippen LogP contribution in [0.3, 0.4) is 0 Å². The van der Waals surface area contributed by atoms with Gasteiger partial charge in [0.2, 0.25) is 0 Å². The summed E-state index contributed by atoms with van der Waals surface area (Å²) in [5.41, 5.74) is 2.09. The third-order valence-electron chi connectivity index (χ3n) is 3.51. The molecule has 0 radical (unpaired) electrons. The van der Waals surface area contributed by atoms with Crippen LogP contribution >= 0.6 is 0 Å². The Balaban J connectivity index is 0.00000132. The van der Waals surface area contributed by atoms with Crippen LogP contribution in [0.2, 0.25) is 0 Å². The summed E-state index contributed by atoms with van der Waals surface area (Å²) in [6, 6.07) is 3.48. The van der Waals surface area contributed by atoms with Gasteiger partial charge in [0.15, 0.2) is 0 Å². The van der Waals surface area contributed by atoms with Crippen LogP contribution in [0.5, 0.6) is 0 Å². The number of carbonyl (C=O) groups is 4. The van der Waals surface area contributed by atoms with Gasteiger partial charge in [-0.15, -0.1) is 0 Å². The lowest BCUT2D eigenvalue weighted by atomic mass is 9.85. The zero-order valence-corrected chi connectivity index (χ0v) is 9.99. The molecule has 0 bridgehead atoms. The first-order valence-electron chi connectivity index (χ1n) is 5.89. The second kappa shape index (κ2) is 3.99. The second-order valence-corrected chi connectivity index (χ2v) is 4.55. The molecular formula is C15H10N2O4. The van der Waals surface area contributed by atoms with E-state index in [2.05, 4.69) is 0 Å². The Morgan fingerprint density at radius 3 is 1.10 bits per heavy atom. The Kier molecular flexibility index (Phi) is 2.47. The van der Waals surface area contributed by atoms with Gasteiger partial charge in [-0.3, -0.25) is 19.2 Å². The zero-order valence-electron chi connectivity index (χ0n) is 9.99. The Hall–Kier alpha value is -3.02. The van der Waals surface area contributed by atoms with E-state index < -0.39 is 23.6 Å². The van der Waals surface area contributed by atoms with E-state index in [1.54, 1.807) is 12.1 Å². The molecule has 21 heavy (non-hydrogen) atoms. The summed E-state index contributed by atoms with van der Waals surface area (Å²) in [5, 5.41) is 0. The zero-order chi connectivity index (χ0) is 14.0. The average molecular weight is 282 g/mol. The molecule has 4 amide bonds. The molecule has 0 aromatic heterocycles. The number of rotatable bonds is 2. The maximum atomic E-state index is 11.8. The minimum absolute atomic E-state index is 0. The van der Waals surface area contributed by atoms with Gasteiger partial charge in [0, 0.05) is 35.4 Å². The van der Waals surface area contributed by atoms with E-state index >= 15 is 0 Å². The monoisotopic (exact) mass is 282 g/mol. The van der Waals surface area contributed by atoms with Gasteiger partial charge < -0.3 is 0 Å². The van der Waals surface area contributed by atoms with Crippen molar-refractivity contribution < 1.29 is 19.2 Å². The summed E-state index contributed by atoms with van der Waals surface area (Å²) in [6.07, 6.45) is 4.67. The van der Waals surface area contributed by atoms with Crippen LogP contribution < -0.4 is 9.80 Å². The molecular weight excluding hydrogens is 272 g/mol. The normalized spacial score (nSPS) is 17.9. The van der Waals surface area contributed by atoms with Crippen molar-refractivity contribution >= 4 is 35.0 Å². The Morgan fingerprint density at radius 2 is 0.857 bits per heavy atom. The van der Waals surface area contributed by atoms with Gasteiger partial charge in [-0.1, -0.05) is 19.6 Å². The number of benzene rings is 1. The van der Waals surface area contributed by atoms with Crippen LogP contribution in [0.1, 0.15) is 7.43 Å². The first kappa shape index (κ1) is 13.0. The number of amides is 4. The molecule has 0 aromatic carbocycles. The predicted octanol–water partition coefficient (Wildman–Crippen LogP) is 1.16. The van der Waals surface area contributed by atoms with Gasteiger partial charge in [0.1, 0.15) is 0 Å². The van der Waals surface area contributed by atoms with Crippen molar-refractivity contribution in [3.63, 3.8) is 0 Å².